The molecule has 108 valence electrons. The van der Waals surface area contributed by atoms with Gasteiger partial charge in [0, 0.05) is 26.4 Å². The molecule has 0 aromatic heterocycles. The van der Waals surface area contributed by atoms with Crippen LogP contribution < -0.4 is 9.64 Å². The monoisotopic (exact) mass is 282 g/mol. The van der Waals surface area contributed by atoms with Crippen LogP contribution in [0.3, 0.4) is 0 Å². The molecule has 0 bridgehead atoms. The zero-order valence-corrected chi connectivity index (χ0v) is 11.1. The molecular formula is C12H14N2O6. The number of rotatable bonds is 5. The summed E-state index contributed by atoms with van der Waals surface area (Å²) in [6, 6.07) is 4.10. The average molecular weight is 282 g/mol. The Balaban J connectivity index is 2.36. The van der Waals surface area contributed by atoms with E-state index in [9.17, 15) is 14.9 Å². The van der Waals surface area contributed by atoms with Crippen molar-refractivity contribution in [3.05, 3.63) is 28.3 Å². The van der Waals surface area contributed by atoms with Gasteiger partial charge in [0.05, 0.1) is 17.2 Å². The summed E-state index contributed by atoms with van der Waals surface area (Å²) in [6.07, 6.45) is -0.621. The minimum atomic E-state index is -0.621. The summed E-state index contributed by atoms with van der Waals surface area (Å²) < 4.78 is 15.4. The van der Waals surface area contributed by atoms with Crippen LogP contribution in [0.5, 0.6) is 5.75 Å². The molecule has 20 heavy (non-hydrogen) atoms. The first kappa shape index (κ1) is 14.2. The molecular weight excluding hydrogens is 268 g/mol. The molecule has 0 spiro atoms. The number of benzene rings is 1. The number of ether oxygens (including phenoxy) is 3. The van der Waals surface area contributed by atoms with Gasteiger partial charge in [-0.3, -0.25) is 14.9 Å². The van der Waals surface area contributed by atoms with Crippen LogP contribution in [0.1, 0.15) is 0 Å². The molecule has 1 heterocycles. The largest absolute Gasteiger partial charge is 0.482 e. The molecule has 0 unspecified atom stereocenters. The van der Waals surface area contributed by atoms with Crippen LogP contribution in [-0.2, 0) is 14.3 Å². The Bertz CT molecular complexity index is 529. The predicted molar refractivity (Wildman–Crippen MR) is 68.8 cm³/mol. The van der Waals surface area contributed by atoms with E-state index in [1.165, 1.54) is 37.3 Å². The third kappa shape index (κ3) is 2.70. The fraction of sp³-hybridized carbons (Fsp3) is 0.417. The summed E-state index contributed by atoms with van der Waals surface area (Å²) in [7, 11) is 2.90. The first-order chi connectivity index (χ1) is 9.56. The van der Waals surface area contributed by atoms with Gasteiger partial charge < -0.3 is 19.1 Å². The fourth-order valence-corrected chi connectivity index (χ4v) is 1.90. The van der Waals surface area contributed by atoms with Gasteiger partial charge in [0.25, 0.3) is 11.6 Å². The van der Waals surface area contributed by atoms with Gasteiger partial charge in [-0.2, -0.15) is 0 Å². The Morgan fingerprint density at radius 3 is 2.75 bits per heavy atom. The lowest BCUT2D eigenvalue weighted by molar-refractivity contribution is -0.384. The maximum absolute atomic E-state index is 11.9. The highest BCUT2D eigenvalue weighted by Crippen LogP contribution is 2.35. The number of carbonyl (C=O) groups excluding carboxylic acids is 1. The molecule has 0 atom stereocenters. The first-order valence-electron chi connectivity index (χ1n) is 5.84. The van der Waals surface area contributed by atoms with Gasteiger partial charge in [-0.25, -0.2) is 0 Å². The van der Waals surface area contributed by atoms with Crippen LogP contribution in [0.2, 0.25) is 0 Å². The van der Waals surface area contributed by atoms with E-state index in [1.807, 2.05) is 0 Å². The Morgan fingerprint density at radius 1 is 1.45 bits per heavy atom. The van der Waals surface area contributed by atoms with Gasteiger partial charge in [0.1, 0.15) is 5.75 Å². The molecule has 1 aromatic rings. The number of methoxy groups -OCH3 is 2. The molecule has 2 rings (SSSR count). The van der Waals surface area contributed by atoms with Crippen molar-refractivity contribution in [1.29, 1.82) is 0 Å². The molecule has 0 fully saturated rings. The lowest BCUT2D eigenvalue weighted by atomic mass is 10.2. The molecule has 1 aliphatic rings. The van der Waals surface area contributed by atoms with Gasteiger partial charge in [-0.1, -0.05) is 0 Å². The molecule has 1 aliphatic heterocycles. The predicted octanol–water partition coefficient (Wildman–Crippen LogP) is 0.939. The minimum Gasteiger partial charge on any atom is -0.482 e. The number of fused-ring (bicyclic) bond motifs is 1. The Kier molecular flexibility index (Phi) is 4.16. The number of non-ortho nitro benzene ring substituents is 1. The van der Waals surface area contributed by atoms with Gasteiger partial charge in [0.2, 0.25) is 0 Å². The van der Waals surface area contributed by atoms with Crippen LogP contribution in [0, 0.1) is 10.1 Å². The zero-order valence-electron chi connectivity index (χ0n) is 11.1. The molecule has 0 saturated carbocycles. The molecule has 0 saturated heterocycles. The lowest BCUT2D eigenvalue weighted by Crippen LogP contribution is -2.44. The highest BCUT2D eigenvalue weighted by Gasteiger charge is 2.29. The number of carbonyl (C=O) groups is 1. The number of nitro groups is 1. The highest BCUT2D eigenvalue weighted by molar-refractivity contribution is 5.98. The summed E-state index contributed by atoms with van der Waals surface area (Å²) in [6.45, 7) is 0.00825. The molecule has 0 aliphatic carbocycles. The number of nitrogens with zero attached hydrogens (tertiary/aromatic N) is 2. The fourth-order valence-electron chi connectivity index (χ4n) is 1.90. The van der Waals surface area contributed by atoms with Crippen LogP contribution in [0.25, 0.3) is 0 Å². The minimum absolute atomic E-state index is 0.113. The average Bonchev–Trinajstić information content (AvgIpc) is 2.46. The van der Waals surface area contributed by atoms with Gasteiger partial charge in [-0.05, 0) is 6.07 Å². The van der Waals surface area contributed by atoms with Gasteiger partial charge >= 0.3 is 0 Å². The molecule has 1 aromatic carbocycles. The normalized spacial score (nSPS) is 14.2. The number of nitro benzene ring substituents is 1. The van der Waals surface area contributed by atoms with Crippen molar-refractivity contribution in [3.63, 3.8) is 0 Å². The first-order valence-corrected chi connectivity index (χ1v) is 5.84. The molecule has 1 amide bonds. The third-order valence-corrected chi connectivity index (χ3v) is 2.95. The second-order valence-corrected chi connectivity index (χ2v) is 4.10. The summed E-state index contributed by atoms with van der Waals surface area (Å²) in [5, 5.41) is 10.8. The molecule has 8 nitrogen and oxygen atoms in total. The van der Waals surface area contributed by atoms with Crippen molar-refractivity contribution in [2.75, 3.05) is 32.3 Å². The standard InChI is InChI=1S/C12H14N2O6/c1-18-12(19-2)6-13-9-5-8(14(16)17)3-4-10(9)20-7-11(13)15/h3-5,12H,6-7H2,1-2H3. The maximum Gasteiger partial charge on any atom is 0.271 e. The van der Waals surface area contributed by atoms with Crippen LogP contribution in [0.15, 0.2) is 18.2 Å². The van der Waals surface area contributed by atoms with Crippen molar-refractivity contribution < 1.29 is 23.9 Å². The highest BCUT2D eigenvalue weighted by atomic mass is 16.7. The summed E-state index contributed by atoms with van der Waals surface area (Å²) in [5.74, 6) is 0.109. The zero-order chi connectivity index (χ0) is 14.7. The van der Waals surface area contributed by atoms with Crippen molar-refractivity contribution in [3.8, 4) is 5.75 Å². The summed E-state index contributed by atoms with van der Waals surface area (Å²) in [5.41, 5.74) is 0.230. The van der Waals surface area contributed by atoms with E-state index < -0.39 is 11.2 Å². The summed E-state index contributed by atoms with van der Waals surface area (Å²) >= 11 is 0. The second-order valence-electron chi connectivity index (χ2n) is 4.10. The topological polar surface area (TPSA) is 91.1 Å². The van der Waals surface area contributed by atoms with Gasteiger partial charge in [-0.15, -0.1) is 0 Å². The van der Waals surface area contributed by atoms with Gasteiger partial charge in [0.15, 0.2) is 12.9 Å². The second kappa shape index (κ2) is 5.85. The summed E-state index contributed by atoms with van der Waals surface area (Å²) in [4.78, 5) is 23.6. The maximum atomic E-state index is 11.9. The number of anilines is 1. The van der Waals surface area contributed by atoms with Crippen molar-refractivity contribution in [2.24, 2.45) is 0 Å². The van der Waals surface area contributed by atoms with Crippen LogP contribution in [-0.4, -0.2) is 44.5 Å². The van der Waals surface area contributed by atoms with Crippen LogP contribution >= 0.6 is 0 Å². The van der Waals surface area contributed by atoms with Crippen LogP contribution in [0.4, 0.5) is 11.4 Å². The van der Waals surface area contributed by atoms with E-state index in [-0.39, 0.29) is 24.7 Å². The van der Waals surface area contributed by atoms with E-state index in [1.54, 1.807) is 0 Å². The van der Waals surface area contributed by atoms with E-state index >= 15 is 0 Å². The Hall–Kier alpha value is -2.19. The van der Waals surface area contributed by atoms with Crippen molar-refractivity contribution in [1.82, 2.24) is 0 Å². The number of amides is 1. The van der Waals surface area contributed by atoms with E-state index in [0.717, 1.165) is 0 Å². The Morgan fingerprint density at radius 2 is 2.15 bits per heavy atom. The SMILES string of the molecule is COC(CN1C(=O)COc2ccc([N+](=O)[O-])cc21)OC. The quantitative estimate of drug-likeness (QED) is 0.453. The van der Waals surface area contributed by atoms with Crippen molar-refractivity contribution >= 4 is 17.3 Å². The van der Waals surface area contributed by atoms with E-state index in [2.05, 4.69) is 0 Å². The molecule has 8 heteroatoms. The lowest BCUT2D eigenvalue weighted by Gasteiger charge is -2.31. The van der Waals surface area contributed by atoms with E-state index in [0.29, 0.717) is 11.4 Å². The molecule has 0 N–H and O–H groups in total. The molecule has 0 radical (unpaired) electrons. The number of hydrogen-bond acceptors (Lipinski definition) is 6. The Labute approximate surface area is 115 Å². The number of hydrogen-bond donors (Lipinski definition) is 0. The smallest absolute Gasteiger partial charge is 0.271 e. The van der Waals surface area contributed by atoms with Crippen molar-refractivity contribution in [2.45, 2.75) is 6.29 Å². The van der Waals surface area contributed by atoms with E-state index in [4.69, 9.17) is 14.2 Å². The third-order valence-electron chi connectivity index (χ3n) is 2.95.